The molecule has 0 aliphatic carbocycles. The van der Waals surface area contributed by atoms with Crippen molar-refractivity contribution >= 4 is 21.6 Å². The molecular formula is C14H21NO2S2. The summed E-state index contributed by atoms with van der Waals surface area (Å²) in [7, 11) is -3.07. The van der Waals surface area contributed by atoms with E-state index in [-0.39, 0.29) is 11.8 Å². The normalized spacial score (nSPS) is 20.4. The molecule has 5 heteroatoms. The van der Waals surface area contributed by atoms with Crippen LogP contribution in [0.2, 0.25) is 0 Å². The predicted molar refractivity (Wildman–Crippen MR) is 81.5 cm³/mol. The summed E-state index contributed by atoms with van der Waals surface area (Å²) in [5.41, 5.74) is 0.937. The van der Waals surface area contributed by atoms with Crippen LogP contribution in [-0.2, 0) is 9.84 Å². The molecule has 0 fully saturated rings. The molecule has 0 radical (unpaired) electrons. The van der Waals surface area contributed by atoms with Gasteiger partial charge in [0.1, 0.15) is 0 Å². The van der Waals surface area contributed by atoms with Crippen LogP contribution in [0.25, 0.3) is 0 Å². The SMILES string of the molecule is CSCCCCCNC1CS(=O)(=O)c2ccccc21. The van der Waals surface area contributed by atoms with Gasteiger partial charge in [-0.25, -0.2) is 8.42 Å². The topological polar surface area (TPSA) is 46.2 Å². The molecule has 1 heterocycles. The third kappa shape index (κ3) is 3.74. The zero-order chi connectivity index (χ0) is 13.7. The Balaban J connectivity index is 1.86. The molecule has 1 aromatic carbocycles. The van der Waals surface area contributed by atoms with E-state index in [1.807, 2.05) is 23.9 Å². The van der Waals surface area contributed by atoms with Crippen molar-refractivity contribution in [1.82, 2.24) is 5.32 Å². The number of thioether (sulfide) groups is 1. The van der Waals surface area contributed by atoms with Crippen molar-refractivity contribution in [3.63, 3.8) is 0 Å². The lowest BCUT2D eigenvalue weighted by Gasteiger charge is -2.12. The third-order valence-corrected chi connectivity index (χ3v) is 5.94. The van der Waals surface area contributed by atoms with Crippen LogP contribution in [0.15, 0.2) is 29.2 Å². The molecule has 0 spiro atoms. The van der Waals surface area contributed by atoms with E-state index in [0.29, 0.717) is 4.90 Å². The fraction of sp³-hybridized carbons (Fsp3) is 0.571. The van der Waals surface area contributed by atoms with Gasteiger partial charge in [-0.1, -0.05) is 24.6 Å². The van der Waals surface area contributed by atoms with E-state index in [2.05, 4.69) is 11.6 Å². The van der Waals surface area contributed by atoms with Crippen LogP contribution >= 0.6 is 11.8 Å². The summed E-state index contributed by atoms with van der Waals surface area (Å²) in [5, 5.41) is 3.38. The van der Waals surface area contributed by atoms with Gasteiger partial charge in [0.25, 0.3) is 0 Å². The Morgan fingerprint density at radius 2 is 2.05 bits per heavy atom. The smallest absolute Gasteiger partial charge is 0.180 e. The molecule has 0 bridgehead atoms. The average Bonchev–Trinajstić information content (AvgIpc) is 2.66. The zero-order valence-corrected chi connectivity index (χ0v) is 12.9. The molecule has 1 aliphatic rings. The molecular weight excluding hydrogens is 278 g/mol. The molecule has 1 aliphatic heterocycles. The summed E-state index contributed by atoms with van der Waals surface area (Å²) < 4.78 is 24.0. The lowest BCUT2D eigenvalue weighted by molar-refractivity contribution is 0.543. The summed E-state index contributed by atoms with van der Waals surface area (Å²) >= 11 is 1.88. The lowest BCUT2D eigenvalue weighted by atomic mass is 10.1. The molecule has 1 unspecified atom stereocenters. The Morgan fingerprint density at radius 3 is 2.84 bits per heavy atom. The van der Waals surface area contributed by atoms with Gasteiger partial charge >= 0.3 is 0 Å². The second kappa shape index (κ2) is 6.77. The molecule has 1 aromatic rings. The van der Waals surface area contributed by atoms with Crippen molar-refractivity contribution in [3.05, 3.63) is 29.8 Å². The molecule has 106 valence electrons. The van der Waals surface area contributed by atoms with E-state index >= 15 is 0 Å². The van der Waals surface area contributed by atoms with E-state index in [1.54, 1.807) is 12.1 Å². The quantitative estimate of drug-likeness (QED) is 0.786. The third-order valence-electron chi connectivity index (χ3n) is 3.43. The molecule has 2 rings (SSSR count). The maximum Gasteiger partial charge on any atom is 0.180 e. The number of benzene rings is 1. The average molecular weight is 299 g/mol. The van der Waals surface area contributed by atoms with Crippen molar-refractivity contribution < 1.29 is 8.42 Å². The highest BCUT2D eigenvalue weighted by Gasteiger charge is 2.33. The van der Waals surface area contributed by atoms with Crippen molar-refractivity contribution in [2.45, 2.75) is 30.2 Å². The summed E-state index contributed by atoms with van der Waals surface area (Å²) in [6.07, 6.45) is 5.68. The van der Waals surface area contributed by atoms with Crippen LogP contribution in [0.5, 0.6) is 0 Å². The molecule has 1 N–H and O–H groups in total. The standard InChI is InChI=1S/C14H21NO2S2/c1-18-10-6-2-5-9-15-13-11-19(16,17)14-8-4-3-7-12(13)14/h3-4,7-8,13,15H,2,5-6,9-11H2,1H3. The number of hydrogen-bond acceptors (Lipinski definition) is 4. The Labute approximate surface area is 120 Å². The monoisotopic (exact) mass is 299 g/mol. The van der Waals surface area contributed by atoms with E-state index in [4.69, 9.17) is 0 Å². The van der Waals surface area contributed by atoms with Gasteiger partial charge in [-0.05, 0) is 43.0 Å². The molecule has 1 atom stereocenters. The van der Waals surface area contributed by atoms with E-state index in [1.165, 1.54) is 18.6 Å². The minimum absolute atomic E-state index is 0.0262. The van der Waals surface area contributed by atoms with E-state index in [9.17, 15) is 8.42 Å². The number of fused-ring (bicyclic) bond motifs is 1. The molecule has 0 amide bonds. The highest BCUT2D eigenvalue weighted by atomic mass is 32.2. The van der Waals surface area contributed by atoms with Crippen LogP contribution in [0, 0.1) is 0 Å². The van der Waals surface area contributed by atoms with Gasteiger partial charge in [-0.3, -0.25) is 0 Å². The summed E-state index contributed by atoms with van der Waals surface area (Å²) in [6.45, 7) is 0.892. The molecule has 0 saturated carbocycles. The second-order valence-corrected chi connectivity index (χ2v) is 7.87. The van der Waals surface area contributed by atoms with Crippen molar-refractivity contribution in [1.29, 1.82) is 0 Å². The largest absolute Gasteiger partial charge is 0.309 e. The van der Waals surface area contributed by atoms with Crippen LogP contribution in [0.3, 0.4) is 0 Å². The van der Waals surface area contributed by atoms with Crippen molar-refractivity contribution in [2.75, 3.05) is 24.3 Å². The van der Waals surface area contributed by atoms with Gasteiger partial charge in [0.2, 0.25) is 0 Å². The molecule has 19 heavy (non-hydrogen) atoms. The Hall–Kier alpha value is -0.520. The van der Waals surface area contributed by atoms with Crippen LogP contribution in [0.1, 0.15) is 30.9 Å². The van der Waals surface area contributed by atoms with Crippen LogP contribution in [-0.4, -0.2) is 32.7 Å². The summed E-state index contributed by atoms with van der Waals surface area (Å²) in [4.78, 5) is 0.509. The molecule has 0 aromatic heterocycles. The first kappa shape index (κ1) is 14.9. The lowest BCUT2D eigenvalue weighted by Crippen LogP contribution is -2.23. The minimum atomic E-state index is -3.07. The molecule has 3 nitrogen and oxygen atoms in total. The number of sulfone groups is 1. The zero-order valence-electron chi connectivity index (χ0n) is 11.3. The van der Waals surface area contributed by atoms with Gasteiger partial charge in [-0.2, -0.15) is 11.8 Å². The maximum atomic E-state index is 12.0. The van der Waals surface area contributed by atoms with E-state index in [0.717, 1.165) is 18.5 Å². The Morgan fingerprint density at radius 1 is 1.26 bits per heavy atom. The second-order valence-electron chi connectivity index (χ2n) is 4.88. The number of unbranched alkanes of at least 4 members (excludes halogenated alkanes) is 2. The predicted octanol–water partition coefficient (Wildman–Crippen LogP) is 2.64. The summed E-state index contributed by atoms with van der Waals surface area (Å²) in [6, 6.07) is 7.31. The molecule has 0 saturated heterocycles. The van der Waals surface area contributed by atoms with Crippen molar-refractivity contribution in [3.8, 4) is 0 Å². The van der Waals surface area contributed by atoms with Crippen molar-refractivity contribution in [2.24, 2.45) is 0 Å². The minimum Gasteiger partial charge on any atom is -0.309 e. The van der Waals surface area contributed by atoms with Gasteiger partial charge in [0.15, 0.2) is 9.84 Å². The van der Waals surface area contributed by atoms with Gasteiger partial charge < -0.3 is 5.32 Å². The highest BCUT2D eigenvalue weighted by Crippen LogP contribution is 2.32. The fourth-order valence-electron chi connectivity index (χ4n) is 2.44. The van der Waals surface area contributed by atoms with E-state index < -0.39 is 9.84 Å². The number of nitrogens with one attached hydrogen (secondary N) is 1. The first-order chi connectivity index (χ1) is 9.15. The van der Waals surface area contributed by atoms with Crippen LogP contribution in [0.4, 0.5) is 0 Å². The Bertz CT molecular complexity index is 514. The number of rotatable bonds is 7. The number of hydrogen-bond donors (Lipinski definition) is 1. The summed E-state index contributed by atoms with van der Waals surface area (Å²) in [5.74, 6) is 1.41. The van der Waals surface area contributed by atoms with Gasteiger partial charge in [0.05, 0.1) is 10.6 Å². The highest BCUT2D eigenvalue weighted by molar-refractivity contribution is 7.98. The fourth-order valence-corrected chi connectivity index (χ4v) is 4.71. The Kier molecular flexibility index (Phi) is 5.30. The van der Waals surface area contributed by atoms with Gasteiger partial charge in [0, 0.05) is 6.04 Å². The first-order valence-electron chi connectivity index (χ1n) is 6.69. The van der Waals surface area contributed by atoms with Crippen LogP contribution < -0.4 is 5.32 Å². The maximum absolute atomic E-state index is 12.0. The van der Waals surface area contributed by atoms with Gasteiger partial charge in [-0.15, -0.1) is 0 Å². The first-order valence-corrected chi connectivity index (χ1v) is 9.74.